The van der Waals surface area contributed by atoms with Crippen molar-refractivity contribution in [2.75, 3.05) is 37.7 Å². The summed E-state index contributed by atoms with van der Waals surface area (Å²) in [6, 6.07) is 8.23. The highest BCUT2D eigenvalue weighted by atomic mass is 19.1. The predicted octanol–water partition coefficient (Wildman–Crippen LogP) is 6.01. The largest absolute Gasteiger partial charge is 0.508 e. The Kier molecular flexibility index (Phi) is 6.68. The summed E-state index contributed by atoms with van der Waals surface area (Å²) >= 11 is 0. The van der Waals surface area contributed by atoms with Gasteiger partial charge in [0.2, 0.25) is 0 Å². The van der Waals surface area contributed by atoms with Crippen LogP contribution in [0, 0.1) is 30.9 Å². The van der Waals surface area contributed by atoms with Gasteiger partial charge >= 0.3 is 6.01 Å². The van der Waals surface area contributed by atoms with Crippen LogP contribution in [0.4, 0.5) is 19.0 Å². The molecule has 8 rings (SSSR count). The lowest BCUT2D eigenvalue weighted by Gasteiger charge is -2.40. The average Bonchev–Trinajstić information content (AvgIpc) is 3.65. The number of terminal acetylenes is 1. The molecule has 4 aliphatic heterocycles. The van der Waals surface area contributed by atoms with Crippen molar-refractivity contribution in [3.63, 3.8) is 0 Å². The van der Waals surface area contributed by atoms with Crippen molar-refractivity contribution in [3.05, 3.63) is 53.1 Å². The van der Waals surface area contributed by atoms with E-state index in [0.29, 0.717) is 53.8 Å². The number of halogens is 3. The normalized spacial score (nSPS) is 27.4. The van der Waals surface area contributed by atoms with Crippen molar-refractivity contribution in [2.45, 2.75) is 69.2 Å². The summed E-state index contributed by atoms with van der Waals surface area (Å²) in [6.45, 7) is 6.35. The molecular formula is C36H36F3N5O2. The summed E-state index contributed by atoms with van der Waals surface area (Å²) in [5.41, 5.74) is -0.0943. The molecular weight excluding hydrogens is 591 g/mol. The Morgan fingerprint density at radius 1 is 1.17 bits per heavy atom. The third kappa shape index (κ3) is 4.50. The molecule has 46 heavy (non-hydrogen) atoms. The topological polar surface area (TPSA) is 73.8 Å². The van der Waals surface area contributed by atoms with Crippen molar-refractivity contribution in [2.24, 2.45) is 0 Å². The molecule has 0 radical (unpaired) electrons. The zero-order valence-electron chi connectivity index (χ0n) is 26.0. The van der Waals surface area contributed by atoms with Crippen LogP contribution in [0.15, 0.2) is 30.3 Å². The van der Waals surface area contributed by atoms with E-state index in [1.807, 2.05) is 0 Å². The molecule has 4 aliphatic rings. The highest BCUT2D eigenvalue weighted by Gasteiger charge is 2.49. The van der Waals surface area contributed by atoms with Gasteiger partial charge in [-0.25, -0.2) is 13.2 Å². The minimum atomic E-state index is -0.926. The Labute approximate surface area is 265 Å². The van der Waals surface area contributed by atoms with Crippen LogP contribution in [-0.2, 0) is 0 Å². The van der Waals surface area contributed by atoms with E-state index in [0.717, 1.165) is 32.2 Å². The summed E-state index contributed by atoms with van der Waals surface area (Å²) in [7, 11) is 0. The maximum atomic E-state index is 17.1. The molecule has 10 heteroatoms. The highest BCUT2D eigenvalue weighted by Crippen LogP contribution is 2.45. The zero-order valence-corrected chi connectivity index (χ0v) is 26.0. The van der Waals surface area contributed by atoms with Gasteiger partial charge in [0, 0.05) is 59.5 Å². The Hall–Kier alpha value is -4.07. The number of phenolic OH excluding ortho intramolecular Hbond substituents is 1. The van der Waals surface area contributed by atoms with Crippen molar-refractivity contribution >= 4 is 27.5 Å². The Bertz CT molecular complexity index is 1960. The van der Waals surface area contributed by atoms with Gasteiger partial charge < -0.3 is 20.1 Å². The smallest absolute Gasteiger partial charge is 0.319 e. The number of hydrogen-bond acceptors (Lipinski definition) is 7. The first-order chi connectivity index (χ1) is 22.1. The highest BCUT2D eigenvalue weighted by molar-refractivity contribution is 6.05. The second kappa shape index (κ2) is 10.5. The third-order valence-corrected chi connectivity index (χ3v) is 10.8. The number of benzene rings is 3. The number of nitrogens with zero attached hydrogens (tertiary/aromatic N) is 4. The molecule has 4 saturated heterocycles. The number of phenols is 1. The van der Waals surface area contributed by atoms with Crippen LogP contribution < -0.4 is 15.0 Å². The number of anilines is 1. The third-order valence-electron chi connectivity index (χ3n) is 10.8. The van der Waals surface area contributed by atoms with E-state index in [-0.39, 0.29) is 52.0 Å². The van der Waals surface area contributed by atoms with E-state index in [2.05, 4.69) is 32.9 Å². The van der Waals surface area contributed by atoms with Gasteiger partial charge in [0.15, 0.2) is 5.82 Å². The molecule has 0 aliphatic carbocycles. The summed E-state index contributed by atoms with van der Waals surface area (Å²) < 4.78 is 54.3. The molecule has 238 valence electrons. The Morgan fingerprint density at radius 2 is 2.02 bits per heavy atom. The lowest BCUT2D eigenvalue weighted by molar-refractivity contribution is 0.107. The molecule has 0 saturated carbocycles. The maximum absolute atomic E-state index is 17.1. The first kappa shape index (κ1) is 29.3. The summed E-state index contributed by atoms with van der Waals surface area (Å²) in [6.07, 6.45) is 9.01. The SMILES string of the molecule is C#Cc1cccc2cc(O)c(C)c(-c3c(F)cc4c(N5CC6CC[C@@](C)(C5)N6)nc(OC[C@@]56CCCN5C[C@H](F)C6)nc4c3F)c12. The lowest BCUT2D eigenvalue weighted by atomic mass is 9.89. The molecule has 4 fully saturated rings. The van der Waals surface area contributed by atoms with Gasteiger partial charge in [0.25, 0.3) is 0 Å². The second-order valence-corrected chi connectivity index (χ2v) is 13.9. The van der Waals surface area contributed by atoms with Crippen molar-refractivity contribution in [3.8, 4) is 35.2 Å². The molecule has 0 spiro atoms. The zero-order chi connectivity index (χ0) is 32.0. The number of fused-ring (bicyclic) bond motifs is 5. The quantitative estimate of drug-likeness (QED) is 0.263. The average molecular weight is 628 g/mol. The molecule has 3 aromatic carbocycles. The van der Waals surface area contributed by atoms with Gasteiger partial charge in [0.05, 0.1) is 11.1 Å². The van der Waals surface area contributed by atoms with Crippen LogP contribution >= 0.6 is 0 Å². The van der Waals surface area contributed by atoms with E-state index in [1.165, 1.54) is 6.07 Å². The number of ether oxygens (including phenoxy) is 1. The minimum Gasteiger partial charge on any atom is -0.508 e. The molecule has 7 nitrogen and oxygen atoms in total. The number of piperazine rings is 1. The fourth-order valence-corrected chi connectivity index (χ4v) is 8.62. The predicted molar refractivity (Wildman–Crippen MR) is 172 cm³/mol. The molecule has 1 unspecified atom stereocenters. The van der Waals surface area contributed by atoms with Gasteiger partial charge in [-0.2, -0.15) is 9.97 Å². The molecule has 2 bridgehead atoms. The fraction of sp³-hybridized carbons (Fsp3) is 0.444. The van der Waals surface area contributed by atoms with E-state index in [1.54, 1.807) is 31.2 Å². The number of rotatable bonds is 5. The second-order valence-electron chi connectivity index (χ2n) is 13.9. The summed E-state index contributed by atoms with van der Waals surface area (Å²) in [4.78, 5) is 13.6. The van der Waals surface area contributed by atoms with Crippen LogP contribution in [0.1, 0.15) is 50.2 Å². The van der Waals surface area contributed by atoms with Crippen LogP contribution in [0.25, 0.3) is 32.8 Å². The van der Waals surface area contributed by atoms with Crippen LogP contribution in [0.5, 0.6) is 11.8 Å². The molecule has 0 amide bonds. The molecule has 4 atom stereocenters. The molecule has 5 heterocycles. The van der Waals surface area contributed by atoms with Gasteiger partial charge in [-0.3, -0.25) is 4.90 Å². The van der Waals surface area contributed by atoms with E-state index >= 15 is 8.78 Å². The maximum Gasteiger partial charge on any atom is 0.319 e. The number of aromatic hydroxyl groups is 1. The number of nitrogens with one attached hydrogen (secondary N) is 1. The van der Waals surface area contributed by atoms with Gasteiger partial charge in [-0.1, -0.05) is 18.1 Å². The first-order valence-corrected chi connectivity index (χ1v) is 16.0. The van der Waals surface area contributed by atoms with Crippen LogP contribution in [0.2, 0.25) is 0 Å². The minimum absolute atomic E-state index is 0.0275. The van der Waals surface area contributed by atoms with Gasteiger partial charge in [-0.05, 0) is 75.2 Å². The summed E-state index contributed by atoms with van der Waals surface area (Å²) in [5.74, 6) is 1.23. The fourth-order valence-electron chi connectivity index (χ4n) is 8.62. The van der Waals surface area contributed by atoms with Crippen molar-refractivity contribution in [1.82, 2.24) is 20.2 Å². The standard InChI is InChI=1S/C36H36F3N5O2/c1-4-21-7-5-8-22-13-27(45)20(2)28(29(21)22)30-26(38)14-25-32(31(30)39)40-34(46-19-36-10-6-12-44(36)16-23(37)15-36)41-33(25)43-17-24-9-11-35(3,18-43)42-24/h1,5,7-8,13-14,23-24,42,45H,6,9-12,15-19H2,2-3H3/t23-,24?,35+,36+/m1/s1. The number of hydrogen-bond donors (Lipinski definition) is 2. The van der Waals surface area contributed by atoms with Crippen molar-refractivity contribution < 1.29 is 23.0 Å². The first-order valence-electron chi connectivity index (χ1n) is 16.0. The lowest BCUT2D eigenvalue weighted by Crippen LogP contribution is -2.58. The van der Waals surface area contributed by atoms with E-state index in [9.17, 15) is 9.50 Å². The number of aromatic nitrogens is 2. The van der Waals surface area contributed by atoms with Gasteiger partial charge in [-0.15, -0.1) is 6.42 Å². The number of alkyl halides is 1. The Balaban J connectivity index is 1.32. The van der Waals surface area contributed by atoms with Crippen molar-refractivity contribution in [1.29, 1.82) is 0 Å². The van der Waals surface area contributed by atoms with Gasteiger partial charge in [0.1, 0.15) is 35.7 Å². The van der Waals surface area contributed by atoms with Crippen LogP contribution in [0.3, 0.4) is 0 Å². The Morgan fingerprint density at radius 3 is 2.83 bits per heavy atom. The molecule has 4 aromatic rings. The van der Waals surface area contributed by atoms with E-state index in [4.69, 9.17) is 16.1 Å². The monoisotopic (exact) mass is 627 g/mol. The van der Waals surface area contributed by atoms with Crippen LogP contribution in [-0.4, -0.2) is 76.1 Å². The van der Waals surface area contributed by atoms with E-state index < -0.39 is 23.3 Å². The molecule has 1 aromatic heterocycles. The summed E-state index contributed by atoms with van der Waals surface area (Å²) in [5, 5.41) is 15.8. The molecule has 2 N–H and O–H groups in total.